The molecule has 0 aliphatic heterocycles. The largest absolute Gasteiger partial charge is 0.381 e. The van der Waals surface area contributed by atoms with Crippen LogP contribution in [0.15, 0.2) is 18.2 Å². The van der Waals surface area contributed by atoms with Crippen molar-refractivity contribution in [1.29, 1.82) is 5.26 Å². The fourth-order valence-corrected chi connectivity index (χ4v) is 1.75. The van der Waals surface area contributed by atoms with Gasteiger partial charge in [-0.3, -0.25) is 0 Å². The summed E-state index contributed by atoms with van der Waals surface area (Å²) in [7, 11) is 0. The first-order valence-corrected chi connectivity index (χ1v) is 6.01. The predicted octanol–water partition coefficient (Wildman–Crippen LogP) is 4.20. The van der Waals surface area contributed by atoms with E-state index >= 15 is 0 Å². The lowest BCUT2D eigenvalue weighted by Gasteiger charge is -2.16. The van der Waals surface area contributed by atoms with Gasteiger partial charge in [-0.25, -0.2) is 0 Å². The summed E-state index contributed by atoms with van der Waals surface area (Å²) >= 11 is 5.91. The molecule has 0 aromatic heterocycles. The molecule has 1 aromatic carbocycles. The predicted molar refractivity (Wildman–Crippen MR) is 68.8 cm³/mol. The molecule has 1 aromatic rings. The van der Waals surface area contributed by atoms with Gasteiger partial charge in [-0.1, -0.05) is 31.4 Å². The molecule has 2 nitrogen and oxygen atoms in total. The van der Waals surface area contributed by atoms with Crippen molar-refractivity contribution in [2.24, 2.45) is 0 Å². The van der Waals surface area contributed by atoms with Crippen molar-refractivity contribution in [3.8, 4) is 6.07 Å². The van der Waals surface area contributed by atoms with E-state index in [0.717, 1.165) is 12.1 Å². The Balaban J connectivity index is 2.72. The summed E-state index contributed by atoms with van der Waals surface area (Å²) in [6, 6.07) is 7.82. The van der Waals surface area contributed by atoms with Crippen LogP contribution in [0.4, 0.5) is 5.69 Å². The summed E-state index contributed by atoms with van der Waals surface area (Å²) in [5.41, 5.74) is 1.48. The standard InChI is InChI=1S/C13H17ClN2/c1-3-4-5-10(2)16-13-8-12(14)7-6-11(13)9-15/h6-8,10,16H,3-5H2,1-2H3. The number of benzene rings is 1. The number of nitrogens with zero attached hydrogens (tertiary/aromatic N) is 1. The molecule has 1 unspecified atom stereocenters. The minimum atomic E-state index is 0.366. The average molecular weight is 237 g/mol. The van der Waals surface area contributed by atoms with Gasteiger partial charge in [-0.05, 0) is 31.5 Å². The molecule has 1 rings (SSSR count). The highest BCUT2D eigenvalue weighted by Gasteiger charge is 2.06. The molecule has 1 atom stereocenters. The Morgan fingerprint density at radius 2 is 2.25 bits per heavy atom. The Bertz CT molecular complexity index is 382. The summed E-state index contributed by atoms with van der Waals surface area (Å²) in [5.74, 6) is 0. The van der Waals surface area contributed by atoms with Gasteiger partial charge in [0.05, 0.1) is 11.3 Å². The Morgan fingerprint density at radius 1 is 1.50 bits per heavy atom. The Hall–Kier alpha value is -1.20. The molecule has 1 N–H and O–H groups in total. The molecule has 0 radical (unpaired) electrons. The van der Waals surface area contributed by atoms with Crippen LogP contribution in [0.25, 0.3) is 0 Å². The van der Waals surface area contributed by atoms with Crippen LogP contribution in [0.2, 0.25) is 5.02 Å². The van der Waals surface area contributed by atoms with E-state index in [1.807, 2.05) is 6.07 Å². The van der Waals surface area contributed by atoms with Gasteiger partial charge in [0.25, 0.3) is 0 Å². The molecule has 0 saturated heterocycles. The molecule has 86 valence electrons. The molecule has 0 fully saturated rings. The van der Waals surface area contributed by atoms with Crippen LogP contribution in [-0.4, -0.2) is 6.04 Å². The maximum atomic E-state index is 8.97. The summed E-state index contributed by atoms with van der Waals surface area (Å²) in [6.45, 7) is 4.30. The number of nitriles is 1. The number of halogens is 1. The lowest BCUT2D eigenvalue weighted by Crippen LogP contribution is -2.15. The SMILES string of the molecule is CCCCC(C)Nc1cc(Cl)ccc1C#N. The molecule has 0 saturated carbocycles. The van der Waals surface area contributed by atoms with Crippen LogP contribution in [0, 0.1) is 11.3 Å². The normalized spacial score (nSPS) is 11.9. The van der Waals surface area contributed by atoms with Crippen LogP contribution in [0.3, 0.4) is 0 Å². The first-order chi connectivity index (χ1) is 7.67. The molecule has 0 bridgehead atoms. The number of unbranched alkanes of at least 4 members (excludes halogenated alkanes) is 1. The highest BCUT2D eigenvalue weighted by Crippen LogP contribution is 2.21. The third-order valence-corrected chi connectivity index (χ3v) is 2.73. The molecule has 0 spiro atoms. The minimum absolute atomic E-state index is 0.366. The highest BCUT2D eigenvalue weighted by atomic mass is 35.5. The van der Waals surface area contributed by atoms with Gasteiger partial charge in [0, 0.05) is 11.1 Å². The lowest BCUT2D eigenvalue weighted by atomic mass is 10.1. The first kappa shape index (κ1) is 12.9. The molecular formula is C13H17ClN2. The second kappa shape index (κ2) is 6.40. The van der Waals surface area contributed by atoms with Crippen molar-refractivity contribution in [2.45, 2.75) is 39.2 Å². The van der Waals surface area contributed by atoms with Gasteiger partial charge in [0.2, 0.25) is 0 Å². The Kier molecular flexibility index (Phi) is 5.14. The second-order valence-corrected chi connectivity index (χ2v) is 4.43. The monoisotopic (exact) mass is 236 g/mol. The van der Waals surface area contributed by atoms with E-state index < -0.39 is 0 Å². The van der Waals surface area contributed by atoms with E-state index in [1.54, 1.807) is 12.1 Å². The van der Waals surface area contributed by atoms with Gasteiger partial charge in [0.1, 0.15) is 6.07 Å². The Labute approximate surface area is 102 Å². The van der Waals surface area contributed by atoms with E-state index in [2.05, 4.69) is 25.2 Å². The lowest BCUT2D eigenvalue weighted by molar-refractivity contribution is 0.645. The zero-order chi connectivity index (χ0) is 12.0. The first-order valence-electron chi connectivity index (χ1n) is 5.63. The van der Waals surface area contributed by atoms with Crippen molar-refractivity contribution < 1.29 is 0 Å². The van der Waals surface area contributed by atoms with Gasteiger partial charge in [-0.15, -0.1) is 0 Å². The van der Waals surface area contributed by atoms with E-state index in [-0.39, 0.29) is 0 Å². The van der Waals surface area contributed by atoms with Gasteiger partial charge < -0.3 is 5.32 Å². The van der Waals surface area contributed by atoms with Crippen LogP contribution in [0.5, 0.6) is 0 Å². The van der Waals surface area contributed by atoms with Gasteiger partial charge in [-0.2, -0.15) is 5.26 Å². The maximum Gasteiger partial charge on any atom is 0.101 e. The topological polar surface area (TPSA) is 35.8 Å². The maximum absolute atomic E-state index is 8.97. The van der Waals surface area contributed by atoms with Crippen LogP contribution in [-0.2, 0) is 0 Å². The third-order valence-electron chi connectivity index (χ3n) is 2.49. The Morgan fingerprint density at radius 3 is 2.88 bits per heavy atom. The molecule has 0 aliphatic rings. The van der Waals surface area contributed by atoms with E-state index in [1.165, 1.54) is 12.8 Å². The average Bonchev–Trinajstić information content (AvgIpc) is 2.27. The van der Waals surface area contributed by atoms with Gasteiger partial charge >= 0.3 is 0 Å². The molecule has 16 heavy (non-hydrogen) atoms. The summed E-state index contributed by atoms with van der Waals surface area (Å²) in [4.78, 5) is 0. The smallest absolute Gasteiger partial charge is 0.101 e. The van der Waals surface area contributed by atoms with E-state index in [4.69, 9.17) is 16.9 Å². The number of hydrogen-bond acceptors (Lipinski definition) is 2. The van der Waals surface area contributed by atoms with Crippen molar-refractivity contribution in [1.82, 2.24) is 0 Å². The number of nitrogens with one attached hydrogen (secondary N) is 1. The van der Waals surface area contributed by atoms with E-state index in [0.29, 0.717) is 16.6 Å². The second-order valence-electron chi connectivity index (χ2n) is 3.99. The van der Waals surface area contributed by atoms with Crippen molar-refractivity contribution >= 4 is 17.3 Å². The van der Waals surface area contributed by atoms with Crippen molar-refractivity contribution in [3.05, 3.63) is 28.8 Å². The molecular weight excluding hydrogens is 220 g/mol. The summed E-state index contributed by atoms with van der Waals surface area (Å²) in [6.07, 6.45) is 3.48. The quantitative estimate of drug-likeness (QED) is 0.832. The third kappa shape index (κ3) is 3.75. The molecule has 0 heterocycles. The minimum Gasteiger partial charge on any atom is -0.381 e. The summed E-state index contributed by atoms with van der Waals surface area (Å²) in [5, 5.41) is 13.0. The number of hydrogen-bond donors (Lipinski definition) is 1. The van der Waals surface area contributed by atoms with Crippen LogP contribution < -0.4 is 5.32 Å². The van der Waals surface area contributed by atoms with E-state index in [9.17, 15) is 0 Å². The molecule has 0 amide bonds. The zero-order valence-electron chi connectivity index (χ0n) is 9.76. The van der Waals surface area contributed by atoms with Gasteiger partial charge in [0.15, 0.2) is 0 Å². The highest BCUT2D eigenvalue weighted by molar-refractivity contribution is 6.30. The zero-order valence-corrected chi connectivity index (χ0v) is 10.5. The number of rotatable bonds is 5. The van der Waals surface area contributed by atoms with Crippen molar-refractivity contribution in [2.75, 3.05) is 5.32 Å². The molecule has 0 aliphatic carbocycles. The van der Waals surface area contributed by atoms with Crippen molar-refractivity contribution in [3.63, 3.8) is 0 Å². The van der Waals surface area contributed by atoms with Crippen LogP contribution >= 0.6 is 11.6 Å². The van der Waals surface area contributed by atoms with Crippen LogP contribution in [0.1, 0.15) is 38.7 Å². The molecule has 3 heteroatoms. The fraction of sp³-hybridized carbons (Fsp3) is 0.462. The number of anilines is 1. The fourth-order valence-electron chi connectivity index (χ4n) is 1.58. The summed E-state index contributed by atoms with van der Waals surface area (Å²) < 4.78 is 0.